The molecule has 1 heterocycles. The van der Waals surface area contributed by atoms with Crippen LogP contribution in [0.2, 0.25) is 0 Å². The lowest BCUT2D eigenvalue weighted by atomic mass is 10.3. The van der Waals surface area contributed by atoms with Gasteiger partial charge in [-0.25, -0.2) is 0 Å². The van der Waals surface area contributed by atoms with Crippen molar-refractivity contribution in [3.63, 3.8) is 0 Å². The summed E-state index contributed by atoms with van der Waals surface area (Å²) in [5.41, 5.74) is 7.50. The van der Waals surface area contributed by atoms with Gasteiger partial charge in [0.1, 0.15) is 11.7 Å². The largest absolute Gasteiger partial charge is 0.399 e. The van der Waals surface area contributed by atoms with Crippen LogP contribution < -0.4 is 16.4 Å². The van der Waals surface area contributed by atoms with Crippen molar-refractivity contribution in [1.82, 2.24) is 5.32 Å². The number of nitrogens with two attached hydrogens (primary N) is 1. The summed E-state index contributed by atoms with van der Waals surface area (Å²) in [6.07, 6.45) is -0.522. The first-order valence-corrected chi connectivity index (χ1v) is 5.30. The zero-order valence-corrected chi connectivity index (χ0v) is 8.64. The lowest BCUT2D eigenvalue weighted by molar-refractivity contribution is 0.156. The summed E-state index contributed by atoms with van der Waals surface area (Å²) in [6, 6.07) is 5.73. The number of nitrogens with one attached hydrogen (secondary N) is 2. The molecule has 0 aliphatic carbocycles. The molecule has 4 nitrogen and oxygen atoms in total. The van der Waals surface area contributed by atoms with Crippen molar-refractivity contribution in [3.8, 4) is 0 Å². The van der Waals surface area contributed by atoms with Gasteiger partial charge in [-0.2, -0.15) is 0 Å². The van der Waals surface area contributed by atoms with Gasteiger partial charge >= 0.3 is 0 Å². The van der Waals surface area contributed by atoms with Crippen LogP contribution in [-0.2, 0) is 0 Å². The molecule has 2 unspecified atom stereocenters. The molecule has 0 bridgehead atoms. The van der Waals surface area contributed by atoms with Gasteiger partial charge in [-0.05, 0) is 25.1 Å². The van der Waals surface area contributed by atoms with E-state index in [0.29, 0.717) is 0 Å². The van der Waals surface area contributed by atoms with E-state index >= 15 is 0 Å². The molecule has 5 heteroatoms. The molecule has 1 aliphatic heterocycles. The van der Waals surface area contributed by atoms with Crippen LogP contribution in [-0.4, -0.2) is 16.8 Å². The van der Waals surface area contributed by atoms with Gasteiger partial charge in [0.2, 0.25) is 0 Å². The van der Waals surface area contributed by atoms with E-state index in [1.807, 2.05) is 18.2 Å². The molecule has 0 fully saturated rings. The number of fused-ring (bicyclic) bond motifs is 1. The SMILES string of the molecule is CC(O)NC1Nc2ccc(N)cc2S1. The molecule has 0 radical (unpaired) electrons. The van der Waals surface area contributed by atoms with Crippen LogP contribution in [0.25, 0.3) is 0 Å². The van der Waals surface area contributed by atoms with Gasteiger partial charge in [-0.3, -0.25) is 5.32 Å². The summed E-state index contributed by atoms with van der Waals surface area (Å²) in [6.45, 7) is 1.69. The minimum atomic E-state index is -0.522. The number of hydrogen-bond donors (Lipinski definition) is 4. The van der Waals surface area contributed by atoms with Crippen molar-refractivity contribution in [2.45, 2.75) is 23.5 Å². The molecule has 2 rings (SSSR count). The molecule has 2 atom stereocenters. The van der Waals surface area contributed by atoms with E-state index in [1.165, 1.54) is 0 Å². The van der Waals surface area contributed by atoms with E-state index < -0.39 is 6.23 Å². The van der Waals surface area contributed by atoms with Gasteiger partial charge in [-0.1, -0.05) is 11.8 Å². The third-order valence-corrected chi connectivity index (χ3v) is 3.01. The molecular formula is C9H13N3OS. The number of benzene rings is 1. The molecule has 0 aromatic heterocycles. The zero-order chi connectivity index (χ0) is 10.1. The number of aliphatic hydroxyl groups excluding tert-OH is 1. The van der Waals surface area contributed by atoms with Crippen LogP contribution in [0, 0.1) is 0 Å². The maximum atomic E-state index is 9.16. The average molecular weight is 211 g/mol. The van der Waals surface area contributed by atoms with Crippen LogP contribution in [0.4, 0.5) is 11.4 Å². The van der Waals surface area contributed by atoms with Crippen molar-refractivity contribution in [1.29, 1.82) is 0 Å². The van der Waals surface area contributed by atoms with Gasteiger partial charge in [0.05, 0.1) is 0 Å². The molecule has 1 aromatic carbocycles. The van der Waals surface area contributed by atoms with Crippen molar-refractivity contribution in [2.75, 3.05) is 11.1 Å². The maximum Gasteiger partial charge on any atom is 0.132 e. The third kappa shape index (κ3) is 1.95. The van der Waals surface area contributed by atoms with Crippen molar-refractivity contribution < 1.29 is 5.11 Å². The Hall–Kier alpha value is -0.910. The third-order valence-electron chi connectivity index (χ3n) is 1.93. The van der Waals surface area contributed by atoms with Crippen molar-refractivity contribution >= 4 is 23.1 Å². The van der Waals surface area contributed by atoms with Crippen LogP contribution in [0.3, 0.4) is 0 Å². The summed E-state index contributed by atoms with van der Waals surface area (Å²) in [5, 5.41) is 15.4. The molecule has 0 saturated heterocycles. The highest BCUT2D eigenvalue weighted by Gasteiger charge is 2.21. The van der Waals surface area contributed by atoms with Gasteiger partial charge in [0, 0.05) is 16.3 Å². The second-order valence-electron chi connectivity index (χ2n) is 3.24. The fraction of sp³-hybridized carbons (Fsp3) is 0.333. The monoisotopic (exact) mass is 211 g/mol. The molecule has 0 amide bonds. The lowest BCUT2D eigenvalue weighted by Crippen LogP contribution is -2.37. The number of hydrogen-bond acceptors (Lipinski definition) is 5. The fourth-order valence-electron chi connectivity index (χ4n) is 1.35. The summed E-state index contributed by atoms with van der Waals surface area (Å²) < 4.78 is 0. The standard InChI is InChI=1S/C9H13N3OS/c1-5(13)11-9-12-7-3-2-6(10)4-8(7)14-9/h2-5,9,11-13H,10H2,1H3. The highest BCUT2D eigenvalue weighted by molar-refractivity contribution is 8.00. The van der Waals surface area contributed by atoms with Gasteiger partial charge in [-0.15, -0.1) is 0 Å². The predicted octanol–water partition coefficient (Wildman–Crippen LogP) is 0.998. The van der Waals surface area contributed by atoms with E-state index in [1.54, 1.807) is 18.7 Å². The van der Waals surface area contributed by atoms with Gasteiger partial charge < -0.3 is 16.2 Å². The average Bonchev–Trinajstić information content (AvgIpc) is 2.44. The minimum Gasteiger partial charge on any atom is -0.399 e. The molecule has 1 aliphatic rings. The van der Waals surface area contributed by atoms with Crippen LogP contribution >= 0.6 is 11.8 Å². The number of anilines is 2. The molecule has 1 aromatic rings. The Kier molecular flexibility index (Phi) is 2.54. The Morgan fingerprint density at radius 3 is 3.14 bits per heavy atom. The van der Waals surface area contributed by atoms with E-state index in [-0.39, 0.29) is 5.50 Å². The maximum absolute atomic E-state index is 9.16. The summed E-state index contributed by atoms with van der Waals surface area (Å²) >= 11 is 1.62. The minimum absolute atomic E-state index is 0.0202. The van der Waals surface area contributed by atoms with Crippen molar-refractivity contribution in [3.05, 3.63) is 18.2 Å². The molecular weight excluding hydrogens is 198 g/mol. The second-order valence-corrected chi connectivity index (χ2v) is 4.39. The molecule has 0 saturated carbocycles. The molecule has 0 spiro atoms. The van der Waals surface area contributed by atoms with Crippen LogP contribution in [0.1, 0.15) is 6.92 Å². The Morgan fingerprint density at radius 1 is 1.64 bits per heavy atom. The topological polar surface area (TPSA) is 70.3 Å². The highest BCUT2D eigenvalue weighted by atomic mass is 32.2. The Labute approximate surface area is 86.9 Å². The molecule has 5 N–H and O–H groups in total. The first kappa shape index (κ1) is 9.64. The van der Waals surface area contributed by atoms with Gasteiger partial charge in [0.25, 0.3) is 0 Å². The Morgan fingerprint density at radius 2 is 2.43 bits per heavy atom. The second kappa shape index (κ2) is 3.68. The number of rotatable bonds is 2. The van der Waals surface area contributed by atoms with Crippen LogP contribution in [0.15, 0.2) is 23.1 Å². The van der Waals surface area contributed by atoms with E-state index in [0.717, 1.165) is 16.3 Å². The van der Waals surface area contributed by atoms with Crippen molar-refractivity contribution in [2.24, 2.45) is 0 Å². The first-order chi connectivity index (χ1) is 6.65. The summed E-state index contributed by atoms with van der Waals surface area (Å²) in [4.78, 5) is 1.11. The van der Waals surface area contributed by atoms with E-state index in [9.17, 15) is 0 Å². The molecule has 76 valence electrons. The Balaban J connectivity index is 2.10. The highest BCUT2D eigenvalue weighted by Crippen LogP contribution is 2.38. The van der Waals surface area contributed by atoms with E-state index in [2.05, 4.69) is 10.6 Å². The summed E-state index contributed by atoms with van der Waals surface area (Å²) in [5.74, 6) is 0. The quantitative estimate of drug-likeness (QED) is 0.434. The van der Waals surface area contributed by atoms with Crippen LogP contribution in [0.5, 0.6) is 0 Å². The Bertz CT molecular complexity index is 343. The normalized spacial score (nSPS) is 21.4. The van der Waals surface area contributed by atoms with Gasteiger partial charge in [0.15, 0.2) is 0 Å². The first-order valence-electron chi connectivity index (χ1n) is 4.42. The number of aliphatic hydroxyl groups is 1. The lowest BCUT2D eigenvalue weighted by Gasteiger charge is -2.14. The fourth-order valence-corrected chi connectivity index (χ4v) is 2.51. The smallest absolute Gasteiger partial charge is 0.132 e. The summed E-state index contributed by atoms with van der Waals surface area (Å²) in [7, 11) is 0. The predicted molar refractivity (Wildman–Crippen MR) is 58.9 cm³/mol. The zero-order valence-electron chi connectivity index (χ0n) is 7.82. The number of thioether (sulfide) groups is 1. The number of nitrogen functional groups attached to an aromatic ring is 1. The van der Waals surface area contributed by atoms with E-state index in [4.69, 9.17) is 10.8 Å². The molecule has 14 heavy (non-hydrogen) atoms.